The lowest BCUT2D eigenvalue weighted by atomic mass is 9.86. The molecule has 0 atom stereocenters. The monoisotopic (exact) mass is 458 g/mol. The maximum Gasteiger partial charge on any atom is 0.415 e. The molecule has 1 saturated heterocycles. The van der Waals surface area contributed by atoms with Crippen LogP contribution in [0.5, 0.6) is 0 Å². The maximum absolute atomic E-state index is 12.8. The normalized spacial score (nSPS) is 14.7. The number of imide groups is 1. The summed E-state index contributed by atoms with van der Waals surface area (Å²) in [7, 11) is 0. The lowest BCUT2D eigenvalue weighted by Crippen LogP contribution is -2.46. The Morgan fingerprint density at radius 1 is 1.19 bits per heavy atom. The van der Waals surface area contributed by atoms with Crippen molar-refractivity contribution < 1.29 is 19.1 Å². The first-order valence-electron chi connectivity index (χ1n) is 10.8. The molecule has 2 heterocycles. The van der Waals surface area contributed by atoms with Gasteiger partial charge >= 0.3 is 12.1 Å². The van der Waals surface area contributed by atoms with Crippen LogP contribution < -0.4 is 10.6 Å². The van der Waals surface area contributed by atoms with Gasteiger partial charge in [-0.25, -0.2) is 19.9 Å². The van der Waals surface area contributed by atoms with E-state index in [2.05, 4.69) is 36.4 Å². The lowest BCUT2D eigenvalue weighted by molar-refractivity contribution is 0.102. The van der Waals surface area contributed by atoms with Crippen LogP contribution in [0.3, 0.4) is 0 Å². The fraction of sp³-hybridized carbons (Fsp3) is 0.478. The highest BCUT2D eigenvalue weighted by Crippen LogP contribution is 2.32. The zero-order valence-electron chi connectivity index (χ0n) is 18.9. The van der Waals surface area contributed by atoms with E-state index in [0.29, 0.717) is 18.8 Å². The van der Waals surface area contributed by atoms with Crippen LogP contribution in [-0.4, -0.2) is 47.6 Å². The number of nitrogens with zero attached hydrogens (tertiary/aromatic N) is 2. The van der Waals surface area contributed by atoms with E-state index in [9.17, 15) is 14.4 Å². The van der Waals surface area contributed by atoms with E-state index in [4.69, 9.17) is 4.74 Å². The Morgan fingerprint density at radius 2 is 1.88 bits per heavy atom. The summed E-state index contributed by atoms with van der Waals surface area (Å²) in [5, 5.41) is 7.90. The van der Waals surface area contributed by atoms with E-state index < -0.39 is 12.1 Å². The molecule has 1 aromatic heterocycles. The number of rotatable bonds is 4. The molecule has 1 aliphatic heterocycles. The average molecular weight is 459 g/mol. The highest BCUT2D eigenvalue weighted by molar-refractivity contribution is 7.10. The molecule has 1 fully saturated rings. The summed E-state index contributed by atoms with van der Waals surface area (Å²) in [5.41, 5.74) is 2.17. The second-order valence-electron chi connectivity index (χ2n) is 8.73. The molecular formula is C23H30N4O4S. The van der Waals surface area contributed by atoms with Gasteiger partial charge in [0.1, 0.15) is 5.69 Å². The number of alkyl carbamates (subject to hydrolysis) is 1. The predicted octanol–water partition coefficient (Wildman–Crippen LogP) is 4.74. The Balaban J connectivity index is 1.58. The standard InChI is InChI=1S/C23H30N4O4S/c1-5-31-22(30)26-21(29)27-12-10-15(11-13-27)20-25-18(14-32-20)19(28)24-17-9-7-6-8-16(17)23(2,3)4/h6-9,14-15H,5,10-13H2,1-4H3,(H,24,28)(H,26,29,30). The molecule has 2 N–H and O–H groups in total. The van der Waals surface area contributed by atoms with E-state index in [1.54, 1.807) is 17.2 Å². The molecule has 1 aromatic carbocycles. The van der Waals surface area contributed by atoms with Gasteiger partial charge in [-0.3, -0.25) is 4.79 Å². The minimum Gasteiger partial charge on any atom is -0.450 e. The number of urea groups is 1. The van der Waals surface area contributed by atoms with Crippen LogP contribution in [-0.2, 0) is 10.2 Å². The predicted molar refractivity (Wildman–Crippen MR) is 124 cm³/mol. The Kier molecular flexibility index (Phi) is 7.50. The number of ether oxygens (including phenoxy) is 1. The van der Waals surface area contributed by atoms with Crippen LogP contribution in [0.25, 0.3) is 0 Å². The number of aromatic nitrogens is 1. The second-order valence-corrected chi connectivity index (χ2v) is 9.62. The molecule has 2 aromatic rings. The molecule has 172 valence electrons. The number of nitrogens with one attached hydrogen (secondary N) is 2. The molecule has 3 rings (SSSR count). The SMILES string of the molecule is CCOC(=O)NC(=O)N1CCC(c2nc(C(=O)Nc3ccccc3C(C)(C)C)cs2)CC1. The number of anilines is 1. The van der Waals surface area contributed by atoms with Gasteiger partial charge in [0, 0.05) is 30.1 Å². The first kappa shape index (κ1) is 23.7. The summed E-state index contributed by atoms with van der Waals surface area (Å²) in [6.07, 6.45) is 0.707. The third-order valence-electron chi connectivity index (χ3n) is 5.35. The first-order valence-corrected chi connectivity index (χ1v) is 11.7. The Bertz CT molecular complexity index is 974. The number of para-hydroxylation sites is 1. The van der Waals surface area contributed by atoms with Crippen LogP contribution in [0.2, 0.25) is 0 Å². The number of piperidine rings is 1. The van der Waals surface area contributed by atoms with Crippen molar-refractivity contribution in [1.29, 1.82) is 0 Å². The third kappa shape index (κ3) is 5.85. The Hall–Kier alpha value is -2.94. The molecular weight excluding hydrogens is 428 g/mol. The van der Waals surface area contributed by atoms with Gasteiger partial charge in [0.2, 0.25) is 0 Å². The summed E-state index contributed by atoms with van der Waals surface area (Å²) in [6, 6.07) is 7.36. The van der Waals surface area contributed by atoms with Crippen molar-refractivity contribution >= 4 is 35.1 Å². The highest BCUT2D eigenvalue weighted by Gasteiger charge is 2.27. The van der Waals surface area contributed by atoms with Crippen molar-refractivity contribution in [1.82, 2.24) is 15.2 Å². The number of carbonyl (C=O) groups is 3. The molecule has 0 radical (unpaired) electrons. The third-order valence-corrected chi connectivity index (χ3v) is 6.36. The van der Waals surface area contributed by atoms with E-state index in [1.165, 1.54) is 11.3 Å². The van der Waals surface area contributed by atoms with E-state index >= 15 is 0 Å². The number of amides is 4. The van der Waals surface area contributed by atoms with Crippen LogP contribution in [0, 0.1) is 0 Å². The number of likely N-dealkylation sites (tertiary alicyclic amines) is 1. The van der Waals surface area contributed by atoms with Gasteiger partial charge in [0.05, 0.1) is 11.6 Å². The molecule has 0 saturated carbocycles. The lowest BCUT2D eigenvalue weighted by Gasteiger charge is -2.30. The maximum atomic E-state index is 12.8. The molecule has 8 nitrogen and oxygen atoms in total. The van der Waals surface area contributed by atoms with Gasteiger partial charge in [-0.15, -0.1) is 11.3 Å². The minimum absolute atomic E-state index is 0.0926. The van der Waals surface area contributed by atoms with Crippen molar-refractivity contribution in [2.24, 2.45) is 0 Å². The van der Waals surface area contributed by atoms with E-state index in [0.717, 1.165) is 29.1 Å². The number of hydrogen-bond donors (Lipinski definition) is 2. The van der Waals surface area contributed by atoms with Gasteiger partial charge < -0.3 is 15.0 Å². The van der Waals surface area contributed by atoms with Gasteiger partial charge in [0.25, 0.3) is 5.91 Å². The fourth-order valence-electron chi connectivity index (χ4n) is 3.67. The van der Waals surface area contributed by atoms with E-state index in [-0.39, 0.29) is 23.8 Å². The molecule has 32 heavy (non-hydrogen) atoms. The average Bonchev–Trinajstić information content (AvgIpc) is 3.24. The molecule has 4 amide bonds. The van der Waals surface area contributed by atoms with Crippen molar-refractivity contribution in [2.45, 2.75) is 51.9 Å². The molecule has 0 aliphatic carbocycles. The molecule has 9 heteroatoms. The van der Waals surface area contributed by atoms with Crippen LogP contribution in [0.1, 0.15) is 67.5 Å². The van der Waals surface area contributed by atoms with Gasteiger partial charge in [-0.2, -0.15) is 0 Å². The topological polar surface area (TPSA) is 101 Å². The molecule has 0 unspecified atom stereocenters. The summed E-state index contributed by atoms with van der Waals surface area (Å²) in [4.78, 5) is 42.6. The summed E-state index contributed by atoms with van der Waals surface area (Å²) >= 11 is 1.47. The number of hydrogen-bond acceptors (Lipinski definition) is 6. The molecule has 0 spiro atoms. The highest BCUT2D eigenvalue weighted by atomic mass is 32.1. The van der Waals surface area contributed by atoms with Crippen LogP contribution >= 0.6 is 11.3 Å². The quantitative estimate of drug-likeness (QED) is 0.689. The fourth-order valence-corrected chi connectivity index (χ4v) is 4.65. The Labute approximate surface area is 192 Å². The van der Waals surface area contributed by atoms with Crippen LogP contribution in [0.4, 0.5) is 15.3 Å². The number of carbonyl (C=O) groups excluding carboxylic acids is 3. The molecule has 1 aliphatic rings. The summed E-state index contributed by atoms with van der Waals surface area (Å²) in [5.74, 6) is -0.0505. The summed E-state index contributed by atoms with van der Waals surface area (Å²) < 4.78 is 4.74. The summed E-state index contributed by atoms with van der Waals surface area (Å²) in [6.45, 7) is 9.24. The van der Waals surface area contributed by atoms with Crippen LogP contribution in [0.15, 0.2) is 29.6 Å². The molecule has 0 bridgehead atoms. The smallest absolute Gasteiger partial charge is 0.415 e. The van der Waals surface area contributed by atoms with E-state index in [1.807, 2.05) is 24.3 Å². The largest absolute Gasteiger partial charge is 0.450 e. The van der Waals surface area contributed by atoms with Crippen molar-refractivity contribution in [2.75, 3.05) is 25.0 Å². The van der Waals surface area contributed by atoms with Crippen molar-refractivity contribution in [3.05, 3.63) is 45.9 Å². The Morgan fingerprint density at radius 3 is 2.53 bits per heavy atom. The second kappa shape index (κ2) is 10.1. The number of thiazole rings is 1. The zero-order chi connectivity index (χ0) is 23.3. The van der Waals surface area contributed by atoms with Gasteiger partial charge in [-0.05, 0) is 36.8 Å². The zero-order valence-corrected chi connectivity index (χ0v) is 19.8. The minimum atomic E-state index is -0.733. The van der Waals surface area contributed by atoms with Gasteiger partial charge in [-0.1, -0.05) is 39.0 Å². The van der Waals surface area contributed by atoms with Crippen molar-refractivity contribution in [3.8, 4) is 0 Å². The number of benzene rings is 1. The van der Waals surface area contributed by atoms with Gasteiger partial charge in [0.15, 0.2) is 0 Å². The first-order chi connectivity index (χ1) is 15.2. The van der Waals surface area contributed by atoms with Crippen molar-refractivity contribution in [3.63, 3.8) is 0 Å².